The normalized spacial score (nSPS) is 12.9. The average molecular weight is 315 g/mol. The summed E-state index contributed by atoms with van der Waals surface area (Å²) in [6.07, 6.45) is -0.422. The van der Waals surface area contributed by atoms with Crippen LogP contribution in [0.2, 0.25) is 0 Å². The highest BCUT2D eigenvalue weighted by Gasteiger charge is 2.18. The zero-order valence-electron chi connectivity index (χ0n) is 14.2. The minimum absolute atomic E-state index is 0.0354. The van der Waals surface area contributed by atoms with E-state index in [9.17, 15) is 4.79 Å². The largest absolute Gasteiger partial charge is 0.444 e. The van der Waals surface area contributed by atoms with Gasteiger partial charge in [0.25, 0.3) is 0 Å². The summed E-state index contributed by atoms with van der Waals surface area (Å²) in [5.41, 5.74) is 8.41. The summed E-state index contributed by atoms with van der Waals surface area (Å²) in [7, 11) is 0. The molecule has 3 N–H and O–H groups in total. The van der Waals surface area contributed by atoms with E-state index in [0.717, 1.165) is 22.2 Å². The molecular weight excluding hydrogens is 290 g/mol. The topological polar surface area (TPSA) is 77.2 Å². The summed E-state index contributed by atoms with van der Waals surface area (Å²) in [5.74, 6) is 0.0354. The summed E-state index contributed by atoms with van der Waals surface area (Å²) in [4.78, 5) is 16.3. The van der Waals surface area contributed by atoms with Crippen LogP contribution in [0, 0.1) is 6.92 Å². The molecule has 2 aromatic rings. The molecular formula is C18H25N3O2. The van der Waals surface area contributed by atoms with Gasteiger partial charge in [-0.1, -0.05) is 12.1 Å². The molecule has 5 nitrogen and oxygen atoms in total. The van der Waals surface area contributed by atoms with Crippen molar-refractivity contribution in [1.29, 1.82) is 0 Å². The number of nitrogens with one attached hydrogen (secondary N) is 1. The maximum absolute atomic E-state index is 11.8. The molecule has 1 atom stereocenters. The first-order valence-electron chi connectivity index (χ1n) is 7.83. The molecule has 124 valence electrons. The zero-order valence-corrected chi connectivity index (χ0v) is 14.2. The molecule has 0 radical (unpaired) electrons. The van der Waals surface area contributed by atoms with E-state index in [2.05, 4.69) is 22.4 Å². The predicted octanol–water partition coefficient (Wildman–Crippen LogP) is 3.11. The minimum atomic E-state index is -0.505. The molecule has 0 fully saturated rings. The lowest BCUT2D eigenvalue weighted by molar-refractivity contribution is 0.0525. The fourth-order valence-corrected chi connectivity index (χ4v) is 2.36. The molecule has 0 saturated carbocycles. The van der Waals surface area contributed by atoms with Crippen LogP contribution in [-0.2, 0) is 4.74 Å². The predicted molar refractivity (Wildman–Crippen MR) is 92.5 cm³/mol. The second kappa shape index (κ2) is 6.96. The highest BCUT2D eigenvalue weighted by atomic mass is 16.6. The molecule has 0 spiro atoms. The van der Waals surface area contributed by atoms with Gasteiger partial charge in [0.05, 0.1) is 5.52 Å². The van der Waals surface area contributed by atoms with Gasteiger partial charge in [-0.2, -0.15) is 0 Å². The second-order valence-electron chi connectivity index (χ2n) is 6.72. The molecule has 1 amide bonds. The summed E-state index contributed by atoms with van der Waals surface area (Å²) < 4.78 is 5.25. The molecule has 1 unspecified atom stereocenters. The number of hydrogen-bond acceptors (Lipinski definition) is 4. The molecule has 0 bridgehead atoms. The molecule has 2 rings (SSSR count). The van der Waals surface area contributed by atoms with Crippen LogP contribution in [0.3, 0.4) is 0 Å². The SMILES string of the molecule is Cc1ccc2cc(C(CN)CNC(=O)OC(C)(C)C)ccc2n1. The van der Waals surface area contributed by atoms with Crippen LogP contribution in [0.1, 0.15) is 37.9 Å². The van der Waals surface area contributed by atoms with Crippen molar-refractivity contribution in [3.63, 3.8) is 0 Å². The second-order valence-corrected chi connectivity index (χ2v) is 6.72. The van der Waals surface area contributed by atoms with Crippen LogP contribution in [0.15, 0.2) is 30.3 Å². The van der Waals surface area contributed by atoms with Crippen molar-refractivity contribution in [3.8, 4) is 0 Å². The summed E-state index contributed by atoms with van der Waals surface area (Å²) >= 11 is 0. The number of nitrogens with two attached hydrogens (primary N) is 1. The highest BCUT2D eigenvalue weighted by molar-refractivity contribution is 5.79. The highest BCUT2D eigenvalue weighted by Crippen LogP contribution is 2.20. The van der Waals surface area contributed by atoms with E-state index in [1.165, 1.54) is 0 Å². The molecule has 5 heteroatoms. The standard InChI is InChI=1S/C18H25N3O2/c1-12-5-6-14-9-13(7-8-16(14)21-12)15(10-19)11-20-17(22)23-18(2,3)4/h5-9,15H,10-11,19H2,1-4H3,(H,20,22). The van der Waals surface area contributed by atoms with Gasteiger partial charge in [-0.25, -0.2) is 4.79 Å². The van der Waals surface area contributed by atoms with Crippen molar-refractivity contribution >= 4 is 17.0 Å². The molecule has 1 heterocycles. The Balaban J connectivity index is 2.08. The van der Waals surface area contributed by atoms with Crippen LogP contribution < -0.4 is 11.1 Å². The van der Waals surface area contributed by atoms with Crippen molar-refractivity contribution in [1.82, 2.24) is 10.3 Å². The smallest absolute Gasteiger partial charge is 0.407 e. The number of carbonyl (C=O) groups is 1. The first kappa shape index (κ1) is 17.2. The first-order valence-corrected chi connectivity index (χ1v) is 7.83. The number of nitrogens with zero attached hydrogens (tertiary/aromatic N) is 1. The first-order chi connectivity index (χ1) is 10.8. The number of alkyl carbamates (subject to hydrolysis) is 1. The third-order valence-corrected chi connectivity index (χ3v) is 3.50. The summed E-state index contributed by atoms with van der Waals surface area (Å²) in [5, 5.41) is 3.86. The summed E-state index contributed by atoms with van der Waals surface area (Å²) in [6, 6.07) is 10.1. The number of aryl methyl sites for hydroxylation is 1. The van der Waals surface area contributed by atoms with Gasteiger partial charge in [0.2, 0.25) is 0 Å². The number of amides is 1. The Hall–Kier alpha value is -2.14. The van der Waals surface area contributed by atoms with E-state index < -0.39 is 11.7 Å². The molecule has 1 aromatic carbocycles. The number of carbonyl (C=O) groups excluding carboxylic acids is 1. The zero-order chi connectivity index (χ0) is 17.0. The van der Waals surface area contributed by atoms with Gasteiger partial charge < -0.3 is 15.8 Å². The number of aromatic nitrogens is 1. The van der Waals surface area contributed by atoms with Crippen molar-refractivity contribution < 1.29 is 9.53 Å². The quantitative estimate of drug-likeness (QED) is 0.909. The van der Waals surface area contributed by atoms with Crippen LogP contribution >= 0.6 is 0 Å². The van der Waals surface area contributed by atoms with E-state index in [1.54, 1.807) is 0 Å². The molecule has 0 saturated heterocycles. The van der Waals surface area contributed by atoms with Crippen LogP contribution in [0.4, 0.5) is 4.79 Å². The Labute approximate surface area is 137 Å². The Kier molecular flexibility index (Phi) is 5.21. The van der Waals surface area contributed by atoms with Crippen LogP contribution in [-0.4, -0.2) is 29.8 Å². The van der Waals surface area contributed by atoms with Crippen molar-refractivity contribution in [2.75, 3.05) is 13.1 Å². The molecule has 1 aromatic heterocycles. The van der Waals surface area contributed by atoms with E-state index in [4.69, 9.17) is 10.5 Å². The van der Waals surface area contributed by atoms with E-state index in [-0.39, 0.29) is 5.92 Å². The molecule has 0 aliphatic carbocycles. The number of rotatable bonds is 4. The lowest BCUT2D eigenvalue weighted by atomic mass is 9.97. The number of benzene rings is 1. The van der Waals surface area contributed by atoms with Crippen molar-refractivity contribution in [2.24, 2.45) is 5.73 Å². The van der Waals surface area contributed by atoms with E-state index >= 15 is 0 Å². The number of hydrogen-bond donors (Lipinski definition) is 2. The number of ether oxygens (including phenoxy) is 1. The Bertz CT molecular complexity index is 692. The third kappa shape index (κ3) is 4.93. The van der Waals surface area contributed by atoms with Gasteiger partial charge >= 0.3 is 6.09 Å². The van der Waals surface area contributed by atoms with Gasteiger partial charge in [0.15, 0.2) is 0 Å². The lowest BCUT2D eigenvalue weighted by Gasteiger charge is -2.21. The fraction of sp³-hybridized carbons (Fsp3) is 0.444. The molecule has 0 aliphatic heterocycles. The van der Waals surface area contributed by atoms with Gasteiger partial charge in [-0.3, -0.25) is 4.98 Å². The van der Waals surface area contributed by atoms with Gasteiger partial charge in [0.1, 0.15) is 5.60 Å². The average Bonchev–Trinajstić information content (AvgIpc) is 2.46. The number of fused-ring (bicyclic) bond motifs is 1. The van der Waals surface area contributed by atoms with Gasteiger partial charge in [0, 0.05) is 30.1 Å². The van der Waals surface area contributed by atoms with Crippen molar-refractivity contribution in [3.05, 3.63) is 41.6 Å². The Morgan fingerprint density at radius 1 is 1.30 bits per heavy atom. The maximum atomic E-state index is 11.8. The maximum Gasteiger partial charge on any atom is 0.407 e. The Morgan fingerprint density at radius 2 is 2.04 bits per heavy atom. The molecule has 0 aliphatic rings. The monoisotopic (exact) mass is 315 g/mol. The summed E-state index contributed by atoms with van der Waals surface area (Å²) in [6.45, 7) is 8.37. The Morgan fingerprint density at radius 3 is 2.70 bits per heavy atom. The number of pyridine rings is 1. The van der Waals surface area contributed by atoms with Crippen molar-refractivity contribution in [2.45, 2.75) is 39.2 Å². The van der Waals surface area contributed by atoms with Crippen LogP contribution in [0.5, 0.6) is 0 Å². The third-order valence-electron chi connectivity index (χ3n) is 3.50. The minimum Gasteiger partial charge on any atom is -0.444 e. The van der Waals surface area contributed by atoms with Gasteiger partial charge in [-0.05, 0) is 51.5 Å². The van der Waals surface area contributed by atoms with E-state index in [1.807, 2.05) is 45.9 Å². The fourth-order valence-electron chi connectivity index (χ4n) is 2.36. The lowest BCUT2D eigenvalue weighted by Crippen LogP contribution is -2.36. The molecule has 23 heavy (non-hydrogen) atoms. The van der Waals surface area contributed by atoms with Crippen LogP contribution in [0.25, 0.3) is 10.9 Å². The van der Waals surface area contributed by atoms with E-state index in [0.29, 0.717) is 13.1 Å². The van der Waals surface area contributed by atoms with Gasteiger partial charge in [-0.15, -0.1) is 0 Å².